The summed E-state index contributed by atoms with van der Waals surface area (Å²) in [5, 5.41) is 0. The van der Waals surface area contributed by atoms with Crippen molar-refractivity contribution in [3.05, 3.63) is 51.4 Å². The average molecular weight is 381 g/mol. The van der Waals surface area contributed by atoms with Crippen LogP contribution in [0.15, 0.2) is 51.4 Å². The molecule has 4 heteroatoms. The Kier molecular flexibility index (Phi) is 3.23. The third-order valence-corrected chi connectivity index (χ3v) is 4.75. The first-order valence-corrected chi connectivity index (χ1v) is 7.57. The van der Waals surface area contributed by atoms with Gasteiger partial charge in [0, 0.05) is 8.95 Å². The summed E-state index contributed by atoms with van der Waals surface area (Å²) in [5.74, 6) is 1.17. The van der Waals surface area contributed by atoms with E-state index in [0.717, 1.165) is 8.95 Å². The van der Waals surface area contributed by atoms with Gasteiger partial charge in [-0.25, -0.2) is 9.13 Å². The lowest BCUT2D eigenvalue weighted by atomic mass is 10.2. The van der Waals surface area contributed by atoms with Crippen LogP contribution in [0.25, 0.3) is 22.4 Å². The quantitative estimate of drug-likeness (QED) is 0.559. The van der Waals surface area contributed by atoms with Crippen LogP contribution >= 0.6 is 31.9 Å². The molecule has 0 aliphatic rings. The van der Waals surface area contributed by atoms with Gasteiger partial charge >= 0.3 is 0 Å². The highest BCUT2D eigenvalue weighted by Gasteiger charge is 2.24. The number of aromatic nitrogens is 2. The van der Waals surface area contributed by atoms with Gasteiger partial charge in [0.25, 0.3) is 5.82 Å². The average Bonchev–Trinajstić information content (AvgIpc) is 2.64. The minimum Gasteiger partial charge on any atom is -0.226 e. The maximum atomic E-state index is 3.65. The van der Waals surface area contributed by atoms with E-state index in [1.807, 2.05) is 6.07 Å². The van der Waals surface area contributed by atoms with Gasteiger partial charge in [-0.15, -0.1) is 0 Å². The number of benzene rings is 2. The molecule has 96 valence electrons. The van der Waals surface area contributed by atoms with Crippen molar-refractivity contribution in [1.82, 2.24) is 4.57 Å². The molecule has 0 saturated heterocycles. The van der Waals surface area contributed by atoms with E-state index in [-0.39, 0.29) is 0 Å². The SMILES string of the molecule is Cn1c(-c2c(Br)cccc2Br)[n+](C)c2ccccc21. The lowest BCUT2D eigenvalue weighted by molar-refractivity contribution is -0.634. The van der Waals surface area contributed by atoms with Crippen LogP contribution in [-0.4, -0.2) is 4.57 Å². The van der Waals surface area contributed by atoms with Crippen LogP contribution in [-0.2, 0) is 14.1 Å². The van der Waals surface area contributed by atoms with Crippen molar-refractivity contribution in [2.24, 2.45) is 14.1 Å². The van der Waals surface area contributed by atoms with Gasteiger partial charge in [-0.2, -0.15) is 0 Å². The Morgan fingerprint density at radius 1 is 0.947 bits per heavy atom. The van der Waals surface area contributed by atoms with E-state index >= 15 is 0 Å². The lowest BCUT2D eigenvalue weighted by Crippen LogP contribution is -2.30. The molecule has 0 unspecified atom stereocenters. The van der Waals surface area contributed by atoms with E-state index in [0.29, 0.717) is 0 Å². The van der Waals surface area contributed by atoms with Crippen LogP contribution in [0, 0.1) is 0 Å². The fraction of sp³-hybridized carbons (Fsp3) is 0.133. The molecule has 0 spiro atoms. The largest absolute Gasteiger partial charge is 0.291 e. The van der Waals surface area contributed by atoms with Crippen molar-refractivity contribution < 1.29 is 4.57 Å². The van der Waals surface area contributed by atoms with Gasteiger partial charge < -0.3 is 0 Å². The molecule has 0 fully saturated rings. The summed E-state index contributed by atoms with van der Waals surface area (Å²) in [4.78, 5) is 0. The molecule has 1 heterocycles. The molecule has 3 aromatic rings. The highest BCUT2D eigenvalue weighted by Crippen LogP contribution is 2.34. The molecule has 0 radical (unpaired) electrons. The minimum absolute atomic E-state index is 1.09. The summed E-state index contributed by atoms with van der Waals surface area (Å²) in [6.07, 6.45) is 0. The molecule has 0 bridgehead atoms. The summed E-state index contributed by atoms with van der Waals surface area (Å²) in [6.45, 7) is 0. The van der Waals surface area contributed by atoms with Crippen LogP contribution in [0.4, 0.5) is 0 Å². The minimum atomic E-state index is 1.09. The summed E-state index contributed by atoms with van der Waals surface area (Å²) >= 11 is 7.31. The fourth-order valence-corrected chi connectivity index (χ4v) is 3.88. The summed E-state index contributed by atoms with van der Waals surface area (Å²) in [7, 11) is 4.20. The number of rotatable bonds is 1. The number of imidazole rings is 1. The van der Waals surface area contributed by atoms with E-state index < -0.39 is 0 Å². The van der Waals surface area contributed by atoms with Crippen LogP contribution in [0.5, 0.6) is 0 Å². The number of para-hydroxylation sites is 2. The van der Waals surface area contributed by atoms with E-state index in [1.165, 1.54) is 22.4 Å². The summed E-state index contributed by atoms with van der Waals surface area (Å²) < 4.78 is 6.62. The topological polar surface area (TPSA) is 8.81 Å². The van der Waals surface area contributed by atoms with Gasteiger partial charge in [-0.3, -0.25) is 0 Å². The standard InChI is InChI=1S/C15H13Br2N2/c1-18-12-8-3-4-9-13(12)19(2)15(18)14-10(16)6-5-7-11(14)17/h3-9H,1-2H3/q+1. The smallest absolute Gasteiger partial charge is 0.226 e. The molecule has 0 amide bonds. The fourth-order valence-electron chi connectivity index (χ4n) is 2.53. The zero-order chi connectivity index (χ0) is 13.6. The number of hydrogen-bond donors (Lipinski definition) is 0. The lowest BCUT2D eigenvalue weighted by Gasteiger charge is -2.04. The number of aryl methyl sites for hydroxylation is 2. The molecular weight excluding hydrogens is 368 g/mol. The molecule has 0 saturated carbocycles. The molecule has 3 rings (SSSR count). The van der Waals surface area contributed by atoms with Crippen molar-refractivity contribution in [1.29, 1.82) is 0 Å². The first-order chi connectivity index (χ1) is 9.11. The van der Waals surface area contributed by atoms with E-state index in [9.17, 15) is 0 Å². The van der Waals surface area contributed by atoms with Crippen LogP contribution < -0.4 is 4.57 Å². The van der Waals surface area contributed by atoms with Crippen molar-refractivity contribution in [3.8, 4) is 11.4 Å². The Morgan fingerprint density at radius 3 is 2.21 bits per heavy atom. The Labute approximate surface area is 128 Å². The van der Waals surface area contributed by atoms with Crippen molar-refractivity contribution in [2.75, 3.05) is 0 Å². The number of halogens is 2. The van der Waals surface area contributed by atoms with Gasteiger partial charge in [-0.1, -0.05) is 18.2 Å². The Bertz CT molecular complexity index is 716. The molecule has 2 nitrogen and oxygen atoms in total. The van der Waals surface area contributed by atoms with E-state index in [1.54, 1.807) is 0 Å². The maximum Gasteiger partial charge on any atom is 0.291 e. The molecular formula is C15H13Br2N2+. The Balaban J connectivity index is 2.44. The van der Waals surface area contributed by atoms with E-state index in [4.69, 9.17) is 0 Å². The molecule has 0 atom stereocenters. The molecule has 1 aromatic heterocycles. The molecule has 0 N–H and O–H groups in total. The van der Waals surface area contributed by atoms with Crippen molar-refractivity contribution in [2.45, 2.75) is 0 Å². The van der Waals surface area contributed by atoms with Gasteiger partial charge in [0.15, 0.2) is 11.0 Å². The first-order valence-electron chi connectivity index (χ1n) is 5.99. The summed E-state index contributed by atoms with van der Waals surface area (Å²) in [5.41, 5.74) is 3.62. The van der Waals surface area contributed by atoms with Gasteiger partial charge in [0.1, 0.15) is 0 Å². The first kappa shape index (κ1) is 12.9. The predicted octanol–water partition coefficient (Wildman–Crippen LogP) is 4.19. The third kappa shape index (κ3) is 1.94. The zero-order valence-corrected chi connectivity index (χ0v) is 13.9. The monoisotopic (exact) mass is 379 g/mol. The van der Waals surface area contributed by atoms with Gasteiger partial charge in [0.05, 0.1) is 19.7 Å². The Hall–Kier alpha value is -1.13. The zero-order valence-electron chi connectivity index (χ0n) is 10.7. The number of hydrogen-bond acceptors (Lipinski definition) is 0. The van der Waals surface area contributed by atoms with E-state index in [2.05, 4.69) is 91.5 Å². The molecule has 2 aromatic carbocycles. The number of fused-ring (bicyclic) bond motifs is 1. The normalized spacial score (nSPS) is 11.2. The molecule has 19 heavy (non-hydrogen) atoms. The second-order valence-electron chi connectivity index (χ2n) is 4.53. The van der Waals surface area contributed by atoms with Crippen molar-refractivity contribution >= 4 is 42.9 Å². The maximum absolute atomic E-state index is 3.65. The third-order valence-electron chi connectivity index (χ3n) is 3.43. The highest BCUT2D eigenvalue weighted by atomic mass is 79.9. The summed E-state index contributed by atoms with van der Waals surface area (Å²) in [6, 6.07) is 14.6. The number of nitrogens with zero attached hydrogens (tertiary/aromatic N) is 2. The predicted molar refractivity (Wildman–Crippen MR) is 84.9 cm³/mol. The van der Waals surface area contributed by atoms with Crippen molar-refractivity contribution in [3.63, 3.8) is 0 Å². The molecule has 0 aliphatic heterocycles. The highest BCUT2D eigenvalue weighted by molar-refractivity contribution is 9.11. The van der Waals surface area contributed by atoms with Crippen LogP contribution in [0.1, 0.15) is 0 Å². The van der Waals surface area contributed by atoms with Crippen LogP contribution in [0.3, 0.4) is 0 Å². The van der Waals surface area contributed by atoms with Crippen LogP contribution in [0.2, 0.25) is 0 Å². The second kappa shape index (κ2) is 4.76. The van der Waals surface area contributed by atoms with Gasteiger partial charge in [0.2, 0.25) is 0 Å². The Morgan fingerprint density at radius 2 is 1.58 bits per heavy atom. The second-order valence-corrected chi connectivity index (χ2v) is 6.24. The van der Waals surface area contributed by atoms with Gasteiger partial charge in [-0.05, 0) is 56.1 Å². The molecule has 0 aliphatic carbocycles.